The van der Waals surface area contributed by atoms with E-state index in [9.17, 15) is 18.0 Å². The second-order valence-electron chi connectivity index (χ2n) is 7.56. The van der Waals surface area contributed by atoms with Crippen molar-refractivity contribution in [2.24, 2.45) is 5.73 Å². The van der Waals surface area contributed by atoms with Gasteiger partial charge in [0.25, 0.3) is 0 Å². The standard InChI is InChI=1S/C21H21F3N6O/c22-21(23,24)14-9-15(29-19-16(14)18(26)27-11-28-19)13-7-4-8-30(10-13)20(31)17(25)12-5-2-1-3-6-12/h1-3,5-6,9,11,13,17H,4,7-8,10,25H2,(H2,26,27,28,29)/t13-,17-/m1/s1. The number of anilines is 1. The summed E-state index contributed by atoms with van der Waals surface area (Å²) in [5.74, 6) is -0.910. The molecule has 0 spiro atoms. The second-order valence-corrected chi connectivity index (χ2v) is 7.56. The van der Waals surface area contributed by atoms with Gasteiger partial charge in [-0.05, 0) is 24.5 Å². The fourth-order valence-electron chi connectivity index (χ4n) is 3.96. The second kappa shape index (κ2) is 8.10. The van der Waals surface area contributed by atoms with E-state index < -0.39 is 17.8 Å². The lowest BCUT2D eigenvalue weighted by Gasteiger charge is -2.34. The van der Waals surface area contributed by atoms with Crippen LogP contribution in [-0.2, 0) is 11.0 Å². The minimum atomic E-state index is -4.64. The van der Waals surface area contributed by atoms with Gasteiger partial charge in [0.05, 0.1) is 10.9 Å². The molecule has 3 heterocycles. The van der Waals surface area contributed by atoms with Crippen LogP contribution in [0.1, 0.15) is 41.6 Å². The van der Waals surface area contributed by atoms with Crippen molar-refractivity contribution in [1.29, 1.82) is 0 Å². The Bertz CT molecular complexity index is 1110. The van der Waals surface area contributed by atoms with E-state index in [1.54, 1.807) is 29.2 Å². The van der Waals surface area contributed by atoms with Crippen molar-refractivity contribution in [2.45, 2.75) is 31.0 Å². The van der Waals surface area contributed by atoms with Gasteiger partial charge in [0, 0.05) is 24.7 Å². The highest BCUT2D eigenvalue weighted by Gasteiger charge is 2.37. The molecule has 0 saturated carbocycles. The third-order valence-electron chi connectivity index (χ3n) is 5.53. The van der Waals surface area contributed by atoms with Crippen molar-refractivity contribution >= 4 is 22.8 Å². The molecular formula is C21H21F3N6O. The molecular weight excluding hydrogens is 409 g/mol. The number of carbonyl (C=O) groups excluding carboxylic acids is 1. The topological polar surface area (TPSA) is 111 Å². The summed E-state index contributed by atoms with van der Waals surface area (Å²) in [6.45, 7) is 0.723. The van der Waals surface area contributed by atoms with Crippen LogP contribution in [0.3, 0.4) is 0 Å². The summed E-state index contributed by atoms with van der Waals surface area (Å²) in [5.41, 5.74) is 11.7. The molecule has 162 valence electrons. The Kier molecular flexibility index (Phi) is 5.48. The Morgan fingerprint density at radius 2 is 1.94 bits per heavy atom. The molecule has 31 heavy (non-hydrogen) atoms. The van der Waals surface area contributed by atoms with Gasteiger partial charge >= 0.3 is 6.18 Å². The first kappa shape index (κ1) is 21.0. The summed E-state index contributed by atoms with van der Waals surface area (Å²) in [5, 5.41) is -0.311. The van der Waals surface area contributed by atoms with Crippen LogP contribution in [0.2, 0.25) is 0 Å². The lowest BCUT2D eigenvalue weighted by Crippen LogP contribution is -2.44. The first-order valence-corrected chi connectivity index (χ1v) is 9.83. The highest BCUT2D eigenvalue weighted by Crippen LogP contribution is 2.38. The number of carbonyl (C=O) groups is 1. The third-order valence-corrected chi connectivity index (χ3v) is 5.53. The van der Waals surface area contributed by atoms with Crippen molar-refractivity contribution < 1.29 is 18.0 Å². The van der Waals surface area contributed by atoms with E-state index in [2.05, 4.69) is 15.0 Å². The normalized spacial score (nSPS) is 18.2. The number of amides is 1. The minimum Gasteiger partial charge on any atom is -0.383 e. The summed E-state index contributed by atoms with van der Waals surface area (Å²) in [6, 6.07) is 9.14. The number of hydrogen-bond donors (Lipinski definition) is 2. The third kappa shape index (κ3) is 4.15. The predicted molar refractivity (Wildman–Crippen MR) is 109 cm³/mol. The van der Waals surface area contributed by atoms with Crippen molar-refractivity contribution in [3.05, 3.63) is 59.5 Å². The zero-order chi connectivity index (χ0) is 22.2. The molecule has 2 atom stereocenters. The molecule has 7 nitrogen and oxygen atoms in total. The van der Waals surface area contributed by atoms with Crippen LogP contribution >= 0.6 is 0 Å². The maximum atomic E-state index is 13.7. The lowest BCUT2D eigenvalue weighted by atomic mass is 9.92. The molecule has 4 rings (SSSR count). The zero-order valence-electron chi connectivity index (χ0n) is 16.5. The van der Waals surface area contributed by atoms with Gasteiger partial charge in [-0.25, -0.2) is 15.0 Å². The van der Waals surface area contributed by atoms with Crippen molar-refractivity contribution in [3.8, 4) is 0 Å². The number of rotatable bonds is 3. The Balaban J connectivity index is 1.65. The van der Waals surface area contributed by atoms with Gasteiger partial charge < -0.3 is 16.4 Å². The minimum absolute atomic E-state index is 0.109. The summed E-state index contributed by atoms with van der Waals surface area (Å²) in [4.78, 5) is 26.4. The van der Waals surface area contributed by atoms with E-state index in [0.717, 1.165) is 12.4 Å². The number of aromatic nitrogens is 3. The van der Waals surface area contributed by atoms with Crippen LogP contribution in [0.4, 0.5) is 19.0 Å². The molecule has 2 aromatic heterocycles. The molecule has 1 aliphatic heterocycles. The first-order chi connectivity index (χ1) is 14.8. The van der Waals surface area contributed by atoms with Crippen LogP contribution in [0, 0.1) is 0 Å². The number of benzene rings is 1. The average molecular weight is 430 g/mol. The van der Waals surface area contributed by atoms with Gasteiger partial charge in [0.15, 0.2) is 5.65 Å². The van der Waals surface area contributed by atoms with Crippen LogP contribution in [0.5, 0.6) is 0 Å². The van der Waals surface area contributed by atoms with Crippen LogP contribution in [0.25, 0.3) is 11.0 Å². The molecule has 0 unspecified atom stereocenters. The smallest absolute Gasteiger partial charge is 0.383 e. The van der Waals surface area contributed by atoms with Crippen LogP contribution in [-0.4, -0.2) is 38.8 Å². The number of likely N-dealkylation sites (tertiary alicyclic amines) is 1. The summed E-state index contributed by atoms with van der Waals surface area (Å²) in [6.07, 6.45) is -2.33. The van der Waals surface area contributed by atoms with Crippen molar-refractivity contribution in [1.82, 2.24) is 19.9 Å². The molecule has 1 aliphatic rings. The lowest BCUT2D eigenvalue weighted by molar-refractivity contribution is -0.136. The number of fused-ring (bicyclic) bond motifs is 1. The molecule has 1 saturated heterocycles. The van der Waals surface area contributed by atoms with E-state index >= 15 is 0 Å². The maximum absolute atomic E-state index is 13.7. The van der Waals surface area contributed by atoms with E-state index in [1.165, 1.54) is 0 Å². The molecule has 0 aliphatic carbocycles. The number of halogens is 3. The van der Waals surface area contributed by atoms with Crippen molar-refractivity contribution in [3.63, 3.8) is 0 Å². The van der Waals surface area contributed by atoms with Crippen molar-refractivity contribution in [2.75, 3.05) is 18.8 Å². The molecule has 1 fully saturated rings. The molecule has 1 amide bonds. The SMILES string of the molecule is Nc1ncnc2nc([C@@H]3CCCN(C(=O)[C@H](N)c4ccccc4)C3)cc(C(F)(F)F)c12. The number of pyridine rings is 1. The Morgan fingerprint density at radius 3 is 2.65 bits per heavy atom. The number of nitrogen functional groups attached to an aromatic ring is 1. The Hall–Kier alpha value is -3.27. The Morgan fingerprint density at radius 1 is 1.19 bits per heavy atom. The zero-order valence-corrected chi connectivity index (χ0v) is 16.5. The van der Waals surface area contributed by atoms with E-state index in [4.69, 9.17) is 11.5 Å². The summed E-state index contributed by atoms with van der Waals surface area (Å²) >= 11 is 0. The quantitative estimate of drug-likeness (QED) is 0.661. The van der Waals surface area contributed by atoms with E-state index in [-0.39, 0.29) is 40.9 Å². The predicted octanol–water partition coefficient (Wildman–Crippen LogP) is 3.03. The number of nitrogens with two attached hydrogens (primary N) is 2. The van der Waals surface area contributed by atoms with Gasteiger partial charge in [0.1, 0.15) is 18.2 Å². The van der Waals surface area contributed by atoms with Crippen LogP contribution in [0.15, 0.2) is 42.7 Å². The first-order valence-electron chi connectivity index (χ1n) is 9.83. The van der Waals surface area contributed by atoms with Gasteiger partial charge in [-0.1, -0.05) is 30.3 Å². The van der Waals surface area contributed by atoms with E-state index in [1.807, 2.05) is 6.07 Å². The van der Waals surface area contributed by atoms with Gasteiger partial charge in [-0.2, -0.15) is 13.2 Å². The highest BCUT2D eigenvalue weighted by molar-refractivity contribution is 5.89. The molecule has 3 aromatic rings. The highest BCUT2D eigenvalue weighted by atomic mass is 19.4. The van der Waals surface area contributed by atoms with Gasteiger partial charge in [0.2, 0.25) is 5.91 Å². The molecule has 4 N–H and O–H groups in total. The fraction of sp³-hybridized carbons (Fsp3) is 0.333. The number of piperidine rings is 1. The number of hydrogen-bond acceptors (Lipinski definition) is 6. The van der Waals surface area contributed by atoms with Gasteiger partial charge in [-0.15, -0.1) is 0 Å². The monoisotopic (exact) mass is 430 g/mol. The molecule has 1 aromatic carbocycles. The van der Waals surface area contributed by atoms with E-state index in [0.29, 0.717) is 24.9 Å². The molecule has 0 radical (unpaired) electrons. The van der Waals surface area contributed by atoms with Crippen LogP contribution < -0.4 is 11.5 Å². The largest absolute Gasteiger partial charge is 0.417 e. The molecule has 10 heteroatoms. The number of alkyl halides is 3. The van der Waals surface area contributed by atoms with Gasteiger partial charge in [-0.3, -0.25) is 4.79 Å². The average Bonchev–Trinajstić information content (AvgIpc) is 2.77. The summed E-state index contributed by atoms with van der Waals surface area (Å²) < 4.78 is 41.2. The summed E-state index contributed by atoms with van der Waals surface area (Å²) in [7, 11) is 0. The maximum Gasteiger partial charge on any atom is 0.417 e. The molecule has 0 bridgehead atoms. The number of nitrogens with zero attached hydrogens (tertiary/aromatic N) is 4. The Labute approximate surface area is 176 Å². The fourth-order valence-corrected chi connectivity index (χ4v) is 3.96.